The molecule has 1 rings (SSSR count). The van der Waals surface area contributed by atoms with Gasteiger partial charge in [-0.05, 0) is 43.9 Å². The number of rotatable bonds is 3. The molecule has 0 amide bonds. The fraction of sp³-hybridized carbons (Fsp3) is 0.455. The number of aliphatic hydroxyl groups is 1. The van der Waals surface area contributed by atoms with Crippen LogP contribution in [0.15, 0.2) is 10.5 Å². The second-order valence-electron chi connectivity index (χ2n) is 3.45. The van der Waals surface area contributed by atoms with Crippen molar-refractivity contribution in [3.05, 3.63) is 27.2 Å². The highest BCUT2D eigenvalue weighted by Gasteiger charge is 2.10. The van der Waals surface area contributed by atoms with Crippen LogP contribution in [0.2, 0.25) is 0 Å². The molecule has 0 saturated heterocycles. The molecule has 0 saturated carbocycles. The summed E-state index contributed by atoms with van der Waals surface area (Å²) in [5.41, 5.74) is 2.87. The number of hydrogen-bond donors (Lipinski definition) is 2. The highest BCUT2D eigenvalue weighted by Crippen LogP contribution is 2.32. The van der Waals surface area contributed by atoms with E-state index < -0.39 is 0 Å². The van der Waals surface area contributed by atoms with Gasteiger partial charge in [-0.25, -0.2) is 0 Å². The average Bonchev–Trinajstić information content (AvgIpc) is 2.14. The quantitative estimate of drug-likeness (QED) is 0.876. The molecule has 3 heteroatoms. The molecule has 2 N–H and O–H groups in total. The Balaban J connectivity index is 3.09. The van der Waals surface area contributed by atoms with Crippen molar-refractivity contribution in [1.29, 1.82) is 0 Å². The van der Waals surface area contributed by atoms with Crippen LogP contribution >= 0.6 is 15.9 Å². The summed E-state index contributed by atoms with van der Waals surface area (Å²) >= 11 is 3.39. The van der Waals surface area contributed by atoms with Gasteiger partial charge in [-0.3, -0.25) is 0 Å². The van der Waals surface area contributed by atoms with Crippen molar-refractivity contribution in [3.63, 3.8) is 0 Å². The number of aliphatic hydroxyl groups excluding tert-OH is 1. The Hall–Kier alpha value is -0.540. The minimum atomic E-state index is 0.161. The number of benzene rings is 1. The smallest absolute Gasteiger partial charge is 0.123 e. The zero-order chi connectivity index (χ0) is 10.7. The maximum Gasteiger partial charge on any atom is 0.123 e. The first-order chi connectivity index (χ1) is 6.57. The van der Waals surface area contributed by atoms with Crippen molar-refractivity contribution in [3.8, 4) is 5.75 Å². The predicted molar refractivity (Wildman–Crippen MR) is 60.7 cm³/mol. The second kappa shape index (κ2) is 4.80. The van der Waals surface area contributed by atoms with E-state index in [4.69, 9.17) is 5.11 Å². The Labute approximate surface area is 92.7 Å². The summed E-state index contributed by atoms with van der Waals surface area (Å²) in [5, 5.41) is 18.6. The Kier molecular flexibility index (Phi) is 3.96. The molecule has 1 aromatic rings. The van der Waals surface area contributed by atoms with Gasteiger partial charge in [-0.1, -0.05) is 15.9 Å². The molecule has 2 nitrogen and oxygen atoms in total. The largest absolute Gasteiger partial charge is 0.507 e. The van der Waals surface area contributed by atoms with E-state index in [2.05, 4.69) is 15.9 Å². The van der Waals surface area contributed by atoms with Crippen LogP contribution in [0.4, 0.5) is 0 Å². The normalized spacial score (nSPS) is 10.6. The zero-order valence-corrected chi connectivity index (χ0v) is 10.1. The molecule has 0 aromatic heterocycles. The third-order valence-electron chi connectivity index (χ3n) is 2.40. The van der Waals surface area contributed by atoms with E-state index in [1.807, 2.05) is 19.9 Å². The first-order valence-corrected chi connectivity index (χ1v) is 5.45. The van der Waals surface area contributed by atoms with Crippen LogP contribution in [0, 0.1) is 13.8 Å². The monoisotopic (exact) mass is 258 g/mol. The van der Waals surface area contributed by atoms with Gasteiger partial charge in [0.15, 0.2) is 0 Å². The van der Waals surface area contributed by atoms with E-state index in [-0.39, 0.29) is 6.61 Å². The lowest BCUT2D eigenvalue weighted by Crippen LogP contribution is -1.96. The molecular formula is C11H15BrO2. The van der Waals surface area contributed by atoms with Crippen molar-refractivity contribution < 1.29 is 10.2 Å². The highest BCUT2D eigenvalue weighted by molar-refractivity contribution is 9.10. The molecule has 0 heterocycles. The summed E-state index contributed by atoms with van der Waals surface area (Å²) < 4.78 is 0.931. The van der Waals surface area contributed by atoms with E-state index in [1.165, 1.54) is 0 Å². The first-order valence-electron chi connectivity index (χ1n) is 4.66. The number of aryl methyl sites for hydroxylation is 1. The van der Waals surface area contributed by atoms with Crippen LogP contribution in [-0.2, 0) is 6.42 Å². The van der Waals surface area contributed by atoms with Crippen LogP contribution in [0.1, 0.15) is 23.1 Å². The maximum atomic E-state index is 9.87. The van der Waals surface area contributed by atoms with Crippen LogP contribution in [0.3, 0.4) is 0 Å². The summed E-state index contributed by atoms with van der Waals surface area (Å²) in [5.74, 6) is 0.352. The molecule has 0 radical (unpaired) electrons. The second-order valence-corrected chi connectivity index (χ2v) is 4.31. The van der Waals surface area contributed by atoms with Crippen LogP contribution < -0.4 is 0 Å². The lowest BCUT2D eigenvalue weighted by Gasteiger charge is -2.11. The number of phenolic OH excluding ortho intramolecular Hbond substituents is 1. The summed E-state index contributed by atoms with van der Waals surface area (Å²) in [6.45, 7) is 4.01. The molecule has 0 spiro atoms. The van der Waals surface area contributed by atoms with Gasteiger partial charge in [-0.15, -0.1) is 0 Å². The Morgan fingerprint density at radius 3 is 2.57 bits per heavy atom. The molecule has 0 aliphatic rings. The summed E-state index contributed by atoms with van der Waals surface area (Å²) in [6.07, 6.45) is 1.41. The topological polar surface area (TPSA) is 40.5 Å². The first kappa shape index (κ1) is 11.5. The fourth-order valence-corrected chi connectivity index (χ4v) is 2.01. The van der Waals surface area contributed by atoms with Gasteiger partial charge in [0.05, 0.1) is 0 Å². The number of phenols is 1. The summed E-state index contributed by atoms with van der Waals surface area (Å²) in [7, 11) is 0. The van der Waals surface area contributed by atoms with Crippen LogP contribution in [-0.4, -0.2) is 16.8 Å². The van der Waals surface area contributed by atoms with Gasteiger partial charge in [0.1, 0.15) is 5.75 Å². The molecule has 0 fully saturated rings. The van der Waals surface area contributed by atoms with E-state index >= 15 is 0 Å². The lowest BCUT2D eigenvalue weighted by molar-refractivity contribution is 0.288. The Morgan fingerprint density at radius 2 is 2.00 bits per heavy atom. The van der Waals surface area contributed by atoms with E-state index in [1.54, 1.807) is 0 Å². The molecule has 14 heavy (non-hydrogen) atoms. The predicted octanol–water partition coefficient (Wildman–Crippen LogP) is 2.70. The summed E-state index contributed by atoms with van der Waals surface area (Å²) in [6, 6.07) is 2.00. The molecule has 0 unspecified atom stereocenters. The molecule has 78 valence electrons. The highest BCUT2D eigenvalue weighted by atomic mass is 79.9. The lowest BCUT2D eigenvalue weighted by atomic mass is 10.00. The molecule has 0 aliphatic carbocycles. The molecular weight excluding hydrogens is 244 g/mol. The number of aromatic hydroxyl groups is 1. The van der Waals surface area contributed by atoms with Crippen molar-refractivity contribution in [2.24, 2.45) is 0 Å². The third-order valence-corrected chi connectivity index (χ3v) is 3.23. The fourth-order valence-electron chi connectivity index (χ4n) is 1.48. The SMILES string of the molecule is Cc1cc(Br)c(C)c(O)c1CCCO. The molecule has 1 aromatic carbocycles. The number of hydrogen-bond acceptors (Lipinski definition) is 2. The maximum absolute atomic E-state index is 9.87. The standard InChI is InChI=1S/C11H15BrO2/c1-7-6-10(12)8(2)11(14)9(7)4-3-5-13/h6,13-14H,3-5H2,1-2H3. The Morgan fingerprint density at radius 1 is 1.36 bits per heavy atom. The van der Waals surface area contributed by atoms with Gasteiger partial charge in [0.2, 0.25) is 0 Å². The van der Waals surface area contributed by atoms with Gasteiger partial charge in [-0.2, -0.15) is 0 Å². The molecule has 0 atom stereocenters. The van der Waals surface area contributed by atoms with Gasteiger partial charge < -0.3 is 10.2 Å². The minimum Gasteiger partial charge on any atom is -0.507 e. The number of halogens is 1. The van der Waals surface area contributed by atoms with Crippen LogP contribution in [0.25, 0.3) is 0 Å². The van der Waals surface area contributed by atoms with Crippen molar-refractivity contribution in [2.75, 3.05) is 6.61 Å². The van der Waals surface area contributed by atoms with Crippen molar-refractivity contribution in [2.45, 2.75) is 26.7 Å². The van der Waals surface area contributed by atoms with Crippen molar-refractivity contribution >= 4 is 15.9 Å². The Bertz CT molecular complexity index is 335. The third kappa shape index (κ3) is 2.28. The van der Waals surface area contributed by atoms with E-state index in [9.17, 15) is 5.11 Å². The van der Waals surface area contributed by atoms with Gasteiger partial charge in [0, 0.05) is 16.6 Å². The van der Waals surface area contributed by atoms with Gasteiger partial charge in [0.25, 0.3) is 0 Å². The minimum absolute atomic E-state index is 0.161. The summed E-state index contributed by atoms with van der Waals surface area (Å²) in [4.78, 5) is 0. The molecule has 0 bridgehead atoms. The van der Waals surface area contributed by atoms with Crippen LogP contribution in [0.5, 0.6) is 5.75 Å². The average molecular weight is 259 g/mol. The van der Waals surface area contributed by atoms with Crippen molar-refractivity contribution in [1.82, 2.24) is 0 Å². The van der Waals surface area contributed by atoms with Gasteiger partial charge >= 0.3 is 0 Å². The van der Waals surface area contributed by atoms with E-state index in [0.29, 0.717) is 12.2 Å². The zero-order valence-electron chi connectivity index (χ0n) is 8.47. The molecule has 0 aliphatic heterocycles. The van der Waals surface area contributed by atoms with E-state index in [0.717, 1.165) is 27.6 Å².